The number of hydrogen-bond donors (Lipinski definition) is 1. The lowest BCUT2D eigenvalue weighted by atomic mass is 10.1. The van der Waals surface area contributed by atoms with E-state index >= 15 is 0 Å². The highest BCUT2D eigenvalue weighted by atomic mass is 19.1. The number of hydrogen-bond acceptors (Lipinski definition) is 3. The lowest BCUT2D eigenvalue weighted by Crippen LogP contribution is -2.43. The maximum Gasteiger partial charge on any atom is 0.241 e. The maximum absolute atomic E-state index is 13.4. The summed E-state index contributed by atoms with van der Waals surface area (Å²) in [6.45, 7) is 8.70. The summed E-state index contributed by atoms with van der Waals surface area (Å²) < 4.78 is 19.1. The molecule has 1 aliphatic rings. The van der Waals surface area contributed by atoms with Crippen LogP contribution in [0.2, 0.25) is 0 Å². The largest absolute Gasteiger partial charge is 0.374 e. The van der Waals surface area contributed by atoms with Gasteiger partial charge in [-0.1, -0.05) is 12.1 Å². The van der Waals surface area contributed by atoms with E-state index in [1.54, 1.807) is 11.0 Å². The second-order valence-electron chi connectivity index (χ2n) is 6.00. The standard InChI is InChI=1S/C16H23FN2O2/c1-5-21-16(3,4)10-19-14(18-11(2)15(19)20)12-7-6-8-13(17)9-12/h6-9,11,14,18H,5,10H2,1-4H3. The quantitative estimate of drug-likeness (QED) is 0.907. The Morgan fingerprint density at radius 1 is 1.43 bits per heavy atom. The second kappa shape index (κ2) is 6.12. The van der Waals surface area contributed by atoms with E-state index in [0.717, 1.165) is 5.56 Å². The third kappa shape index (κ3) is 3.60. The summed E-state index contributed by atoms with van der Waals surface area (Å²) in [5.41, 5.74) is 0.307. The molecule has 0 saturated carbocycles. The van der Waals surface area contributed by atoms with Crippen molar-refractivity contribution in [2.75, 3.05) is 13.2 Å². The average Bonchev–Trinajstić information content (AvgIpc) is 2.66. The number of nitrogens with one attached hydrogen (secondary N) is 1. The van der Waals surface area contributed by atoms with E-state index in [0.29, 0.717) is 13.2 Å². The van der Waals surface area contributed by atoms with E-state index in [2.05, 4.69) is 5.32 Å². The van der Waals surface area contributed by atoms with Gasteiger partial charge in [-0.15, -0.1) is 0 Å². The Bertz CT molecular complexity index is 519. The van der Waals surface area contributed by atoms with Gasteiger partial charge in [-0.3, -0.25) is 10.1 Å². The van der Waals surface area contributed by atoms with E-state index in [-0.39, 0.29) is 23.9 Å². The molecule has 2 atom stereocenters. The highest BCUT2D eigenvalue weighted by molar-refractivity contribution is 5.84. The normalized spacial score (nSPS) is 22.9. The summed E-state index contributed by atoms with van der Waals surface area (Å²) in [5.74, 6) is -0.289. The van der Waals surface area contributed by atoms with Gasteiger partial charge in [0.25, 0.3) is 0 Å². The molecule has 4 nitrogen and oxygen atoms in total. The molecule has 1 N–H and O–H groups in total. The van der Waals surface area contributed by atoms with Crippen LogP contribution in [-0.4, -0.2) is 35.6 Å². The molecule has 2 unspecified atom stereocenters. The third-order valence-electron chi connectivity index (χ3n) is 3.62. The van der Waals surface area contributed by atoms with Gasteiger partial charge < -0.3 is 9.64 Å². The number of amides is 1. The van der Waals surface area contributed by atoms with E-state index in [9.17, 15) is 9.18 Å². The van der Waals surface area contributed by atoms with Gasteiger partial charge in [0.05, 0.1) is 18.2 Å². The molecule has 1 amide bonds. The molecule has 0 aromatic heterocycles. The average molecular weight is 294 g/mol. The van der Waals surface area contributed by atoms with Gasteiger partial charge in [-0.2, -0.15) is 0 Å². The summed E-state index contributed by atoms with van der Waals surface area (Å²) in [7, 11) is 0. The number of halogens is 1. The van der Waals surface area contributed by atoms with Crippen LogP contribution in [0.25, 0.3) is 0 Å². The Kier molecular flexibility index (Phi) is 4.64. The van der Waals surface area contributed by atoms with Crippen LogP contribution in [0.15, 0.2) is 24.3 Å². The molecule has 2 rings (SSSR count). The van der Waals surface area contributed by atoms with Crippen LogP contribution in [0, 0.1) is 5.82 Å². The van der Waals surface area contributed by atoms with E-state index in [1.807, 2.05) is 33.8 Å². The van der Waals surface area contributed by atoms with Crippen molar-refractivity contribution in [2.45, 2.75) is 45.5 Å². The number of benzene rings is 1. The van der Waals surface area contributed by atoms with Crippen molar-refractivity contribution in [1.29, 1.82) is 0 Å². The monoisotopic (exact) mass is 294 g/mol. The molecular formula is C16H23FN2O2. The minimum absolute atomic E-state index is 0.0111. The zero-order valence-electron chi connectivity index (χ0n) is 13.0. The fourth-order valence-corrected chi connectivity index (χ4v) is 2.74. The summed E-state index contributed by atoms with van der Waals surface area (Å²) in [5, 5.41) is 3.22. The van der Waals surface area contributed by atoms with Crippen molar-refractivity contribution < 1.29 is 13.9 Å². The Balaban J connectivity index is 2.25. The Labute approximate surface area is 125 Å². The van der Waals surface area contributed by atoms with Crippen LogP contribution in [0.4, 0.5) is 4.39 Å². The van der Waals surface area contributed by atoms with Gasteiger partial charge in [0.2, 0.25) is 5.91 Å². The number of rotatable bonds is 5. The molecule has 1 fully saturated rings. The minimum Gasteiger partial charge on any atom is -0.374 e. The van der Waals surface area contributed by atoms with Crippen LogP contribution in [-0.2, 0) is 9.53 Å². The van der Waals surface area contributed by atoms with Crippen molar-refractivity contribution in [3.05, 3.63) is 35.6 Å². The van der Waals surface area contributed by atoms with Crippen molar-refractivity contribution in [1.82, 2.24) is 10.2 Å². The molecule has 0 spiro atoms. The number of ether oxygens (including phenoxy) is 1. The molecule has 1 saturated heterocycles. The molecule has 21 heavy (non-hydrogen) atoms. The lowest BCUT2D eigenvalue weighted by molar-refractivity contribution is -0.134. The highest BCUT2D eigenvalue weighted by Gasteiger charge is 2.40. The molecule has 1 aliphatic heterocycles. The zero-order valence-corrected chi connectivity index (χ0v) is 13.0. The predicted molar refractivity (Wildman–Crippen MR) is 79.2 cm³/mol. The SMILES string of the molecule is CCOC(C)(C)CN1C(=O)C(C)NC1c1cccc(F)c1. The number of nitrogens with zero attached hydrogens (tertiary/aromatic N) is 1. The zero-order chi connectivity index (χ0) is 15.6. The molecule has 1 heterocycles. The fourth-order valence-electron chi connectivity index (χ4n) is 2.74. The van der Waals surface area contributed by atoms with Crippen LogP contribution in [0.3, 0.4) is 0 Å². The summed E-state index contributed by atoms with van der Waals surface area (Å²) in [6, 6.07) is 6.07. The topological polar surface area (TPSA) is 41.6 Å². The molecule has 116 valence electrons. The van der Waals surface area contributed by atoms with Gasteiger partial charge >= 0.3 is 0 Å². The minimum atomic E-state index is -0.443. The number of carbonyl (C=O) groups is 1. The first-order valence-corrected chi connectivity index (χ1v) is 7.30. The van der Waals surface area contributed by atoms with Crippen LogP contribution in [0.1, 0.15) is 39.4 Å². The molecule has 0 bridgehead atoms. The van der Waals surface area contributed by atoms with Crippen LogP contribution < -0.4 is 5.32 Å². The smallest absolute Gasteiger partial charge is 0.241 e. The van der Waals surface area contributed by atoms with Crippen molar-refractivity contribution >= 4 is 5.91 Å². The fraction of sp³-hybridized carbons (Fsp3) is 0.562. The Morgan fingerprint density at radius 2 is 2.14 bits per heavy atom. The van der Waals surface area contributed by atoms with Crippen molar-refractivity contribution in [3.63, 3.8) is 0 Å². The Morgan fingerprint density at radius 3 is 2.76 bits per heavy atom. The first-order valence-electron chi connectivity index (χ1n) is 7.30. The third-order valence-corrected chi connectivity index (χ3v) is 3.62. The molecule has 1 aromatic rings. The molecular weight excluding hydrogens is 271 g/mol. The first-order chi connectivity index (χ1) is 9.84. The lowest BCUT2D eigenvalue weighted by Gasteiger charge is -2.33. The van der Waals surface area contributed by atoms with Gasteiger partial charge in [0, 0.05) is 6.61 Å². The van der Waals surface area contributed by atoms with E-state index < -0.39 is 5.60 Å². The number of carbonyl (C=O) groups excluding carboxylic acids is 1. The van der Waals surface area contributed by atoms with Gasteiger partial charge in [0.15, 0.2) is 0 Å². The van der Waals surface area contributed by atoms with E-state index in [4.69, 9.17) is 4.74 Å². The van der Waals surface area contributed by atoms with Gasteiger partial charge in [0.1, 0.15) is 12.0 Å². The highest BCUT2D eigenvalue weighted by Crippen LogP contribution is 2.28. The summed E-state index contributed by atoms with van der Waals surface area (Å²) in [4.78, 5) is 14.1. The Hall–Kier alpha value is -1.46. The summed E-state index contributed by atoms with van der Waals surface area (Å²) >= 11 is 0. The van der Waals surface area contributed by atoms with Crippen LogP contribution >= 0.6 is 0 Å². The maximum atomic E-state index is 13.4. The van der Waals surface area contributed by atoms with Gasteiger partial charge in [-0.25, -0.2) is 4.39 Å². The van der Waals surface area contributed by atoms with Crippen LogP contribution in [0.5, 0.6) is 0 Å². The predicted octanol–water partition coefficient (Wildman–Crippen LogP) is 2.46. The van der Waals surface area contributed by atoms with Crippen molar-refractivity contribution in [2.24, 2.45) is 0 Å². The second-order valence-corrected chi connectivity index (χ2v) is 6.00. The molecule has 0 aliphatic carbocycles. The van der Waals surface area contributed by atoms with Crippen molar-refractivity contribution in [3.8, 4) is 0 Å². The molecule has 1 aromatic carbocycles. The first kappa shape index (κ1) is 15.9. The van der Waals surface area contributed by atoms with Gasteiger partial charge in [-0.05, 0) is 45.4 Å². The van der Waals surface area contributed by atoms with E-state index in [1.165, 1.54) is 12.1 Å². The molecule has 0 radical (unpaired) electrons. The molecule has 5 heteroatoms. The summed E-state index contributed by atoms with van der Waals surface area (Å²) in [6.07, 6.45) is -0.317.